The Kier molecular flexibility index (Phi) is 4.09. The van der Waals surface area contributed by atoms with Gasteiger partial charge in [-0.05, 0) is 37.3 Å². The van der Waals surface area contributed by atoms with Crippen molar-refractivity contribution in [3.8, 4) is 0 Å². The number of fused-ring (bicyclic) bond motifs is 2. The van der Waals surface area contributed by atoms with Crippen molar-refractivity contribution in [3.63, 3.8) is 0 Å². The molecule has 2 aromatic heterocycles. The normalized spacial score (nSPS) is 16.6. The molecule has 1 aliphatic rings. The fraction of sp³-hybridized carbons (Fsp3) is 0.333. The van der Waals surface area contributed by atoms with Gasteiger partial charge in [0.2, 0.25) is 5.91 Å². The van der Waals surface area contributed by atoms with Crippen LogP contribution in [0.5, 0.6) is 0 Å². The van der Waals surface area contributed by atoms with Crippen LogP contribution in [0.3, 0.4) is 0 Å². The first-order valence-electron chi connectivity index (χ1n) is 8.33. The molecule has 2 heterocycles. The number of para-hydroxylation sites is 1. The summed E-state index contributed by atoms with van der Waals surface area (Å²) in [6.45, 7) is 2.16. The van der Waals surface area contributed by atoms with Crippen LogP contribution in [-0.4, -0.2) is 20.4 Å². The van der Waals surface area contributed by atoms with Gasteiger partial charge < -0.3 is 5.32 Å². The molecule has 0 spiro atoms. The second-order valence-corrected chi connectivity index (χ2v) is 7.56. The Morgan fingerprint density at radius 3 is 3.12 bits per heavy atom. The van der Waals surface area contributed by atoms with Crippen molar-refractivity contribution < 1.29 is 4.79 Å². The van der Waals surface area contributed by atoms with Gasteiger partial charge in [-0.1, -0.05) is 19.1 Å². The highest BCUT2D eigenvalue weighted by Gasteiger charge is 2.20. The molecule has 0 aliphatic heterocycles. The Labute approximate surface area is 148 Å². The Bertz CT molecular complexity index is 1010. The van der Waals surface area contributed by atoms with Crippen molar-refractivity contribution in [1.82, 2.24) is 14.5 Å². The van der Waals surface area contributed by atoms with E-state index >= 15 is 0 Å². The van der Waals surface area contributed by atoms with Gasteiger partial charge in [-0.15, -0.1) is 11.3 Å². The van der Waals surface area contributed by atoms with Gasteiger partial charge >= 0.3 is 0 Å². The number of nitrogens with zero attached hydrogens (tertiary/aromatic N) is 3. The van der Waals surface area contributed by atoms with E-state index in [0.717, 1.165) is 25.0 Å². The summed E-state index contributed by atoms with van der Waals surface area (Å²) in [5, 5.41) is 3.95. The van der Waals surface area contributed by atoms with Crippen molar-refractivity contribution in [2.24, 2.45) is 5.92 Å². The number of carbonyl (C=O) groups is 1. The number of amides is 1. The van der Waals surface area contributed by atoms with E-state index in [1.807, 2.05) is 6.07 Å². The van der Waals surface area contributed by atoms with Gasteiger partial charge in [0.25, 0.3) is 5.56 Å². The third-order valence-corrected chi connectivity index (χ3v) is 5.51. The van der Waals surface area contributed by atoms with Crippen molar-refractivity contribution >= 4 is 33.3 Å². The smallest absolute Gasteiger partial charge is 0.261 e. The van der Waals surface area contributed by atoms with E-state index in [0.29, 0.717) is 22.0 Å². The van der Waals surface area contributed by atoms with E-state index in [-0.39, 0.29) is 18.0 Å². The second-order valence-electron chi connectivity index (χ2n) is 6.48. The number of aromatic nitrogens is 3. The van der Waals surface area contributed by atoms with E-state index in [1.165, 1.54) is 27.1 Å². The molecular weight excluding hydrogens is 336 g/mol. The zero-order valence-electron chi connectivity index (χ0n) is 13.9. The highest BCUT2D eigenvalue weighted by molar-refractivity contribution is 7.15. The third kappa shape index (κ3) is 3.19. The summed E-state index contributed by atoms with van der Waals surface area (Å²) in [4.78, 5) is 34.8. The maximum Gasteiger partial charge on any atom is 0.261 e. The van der Waals surface area contributed by atoms with Crippen LogP contribution >= 0.6 is 11.3 Å². The molecule has 0 radical (unpaired) electrons. The molecule has 3 aromatic rings. The van der Waals surface area contributed by atoms with Crippen molar-refractivity contribution in [1.29, 1.82) is 0 Å². The topological polar surface area (TPSA) is 76.9 Å². The molecule has 1 aliphatic carbocycles. The average Bonchev–Trinajstić information content (AvgIpc) is 2.98. The van der Waals surface area contributed by atoms with Crippen LogP contribution in [0.1, 0.15) is 23.9 Å². The van der Waals surface area contributed by atoms with Crippen molar-refractivity contribution in [3.05, 3.63) is 51.5 Å². The zero-order chi connectivity index (χ0) is 17.4. The van der Waals surface area contributed by atoms with Crippen LogP contribution in [0.25, 0.3) is 10.9 Å². The van der Waals surface area contributed by atoms with Gasteiger partial charge in [-0.3, -0.25) is 14.2 Å². The average molecular weight is 354 g/mol. The molecule has 128 valence electrons. The molecule has 7 heteroatoms. The molecule has 1 amide bonds. The lowest BCUT2D eigenvalue weighted by Gasteiger charge is -2.15. The fourth-order valence-corrected chi connectivity index (χ4v) is 4.31. The Balaban J connectivity index is 1.51. The minimum atomic E-state index is -0.265. The van der Waals surface area contributed by atoms with E-state index in [2.05, 4.69) is 22.2 Å². The molecule has 0 saturated heterocycles. The maximum atomic E-state index is 12.4. The summed E-state index contributed by atoms with van der Waals surface area (Å²) >= 11 is 1.54. The molecule has 0 bridgehead atoms. The van der Waals surface area contributed by atoms with E-state index in [1.54, 1.807) is 18.2 Å². The predicted molar refractivity (Wildman–Crippen MR) is 97.9 cm³/mol. The third-order valence-electron chi connectivity index (χ3n) is 4.48. The molecule has 6 nitrogen and oxygen atoms in total. The SMILES string of the molecule is C[C@H]1CCc2nc(NC(=O)Cn3cnc4ccccc4c3=O)sc2C1. The number of hydrogen-bond donors (Lipinski definition) is 1. The number of aryl methyl sites for hydroxylation is 1. The highest BCUT2D eigenvalue weighted by atomic mass is 32.1. The summed E-state index contributed by atoms with van der Waals surface area (Å²) in [5.41, 5.74) is 1.52. The number of carbonyl (C=O) groups excluding carboxylic acids is 1. The van der Waals surface area contributed by atoms with E-state index in [4.69, 9.17) is 0 Å². The molecule has 1 N–H and O–H groups in total. The molecule has 0 fully saturated rings. The number of hydrogen-bond acceptors (Lipinski definition) is 5. The van der Waals surface area contributed by atoms with Gasteiger partial charge in [-0.25, -0.2) is 9.97 Å². The Morgan fingerprint density at radius 1 is 1.40 bits per heavy atom. The number of rotatable bonds is 3. The first kappa shape index (κ1) is 16.0. The summed E-state index contributed by atoms with van der Waals surface area (Å²) in [7, 11) is 0. The van der Waals surface area contributed by atoms with Crippen molar-refractivity contribution in [2.45, 2.75) is 32.7 Å². The van der Waals surface area contributed by atoms with Gasteiger partial charge in [-0.2, -0.15) is 0 Å². The summed E-state index contributed by atoms with van der Waals surface area (Å²) in [6, 6.07) is 7.12. The molecule has 25 heavy (non-hydrogen) atoms. The van der Waals surface area contributed by atoms with Gasteiger partial charge in [0.1, 0.15) is 6.54 Å². The Morgan fingerprint density at radius 2 is 2.24 bits per heavy atom. The monoisotopic (exact) mass is 354 g/mol. The summed E-state index contributed by atoms with van der Waals surface area (Å²) < 4.78 is 1.33. The molecule has 1 atom stereocenters. The largest absolute Gasteiger partial charge is 0.300 e. The van der Waals surface area contributed by atoms with E-state index in [9.17, 15) is 9.59 Å². The van der Waals surface area contributed by atoms with Gasteiger partial charge in [0.15, 0.2) is 5.13 Å². The van der Waals surface area contributed by atoms with Crippen LogP contribution < -0.4 is 10.9 Å². The predicted octanol–water partition coefficient (Wildman–Crippen LogP) is 2.62. The number of anilines is 1. The molecule has 0 saturated carbocycles. The second kappa shape index (κ2) is 6.40. The van der Waals surface area contributed by atoms with Crippen LogP contribution in [0.15, 0.2) is 35.4 Å². The Hall–Kier alpha value is -2.54. The maximum absolute atomic E-state index is 12.4. The fourth-order valence-electron chi connectivity index (χ4n) is 3.13. The molecule has 4 rings (SSSR count). The summed E-state index contributed by atoms with van der Waals surface area (Å²) in [6.07, 6.45) is 4.55. The molecule has 1 aromatic carbocycles. The first-order chi connectivity index (χ1) is 12.1. The summed E-state index contributed by atoms with van der Waals surface area (Å²) in [5.74, 6) is 0.400. The standard InChI is InChI=1S/C18H18N4O2S/c1-11-6-7-14-15(8-11)25-18(20-14)21-16(23)9-22-10-19-13-5-3-2-4-12(13)17(22)24/h2-5,10-11H,6-9H2,1H3,(H,20,21,23)/t11-/m0/s1. The lowest BCUT2D eigenvalue weighted by molar-refractivity contribution is -0.116. The minimum absolute atomic E-state index is 0.0721. The lowest BCUT2D eigenvalue weighted by atomic mass is 9.93. The number of benzene rings is 1. The first-order valence-corrected chi connectivity index (χ1v) is 9.14. The van der Waals surface area contributed by atoms with Crippen LogP contribution in [0.2, 0.25) is 0 Å². The van der Waals surface area contributed by atoms with Gasteiger partial charge in [0.05, 0.1) is 22.9 Å². The molecule has 0 unspecified atom stereocenters. The zero-order valence-corrected chi connectivity index (χ0v) is 14.7. The minimum Gasteiger partial charge on any atom is -0.300 e. The van der Waals surface area contributed by atoms with Crippen molar-refractivity contribution in [2.75, 3.05) is 5.32 Å². The van der Waals surface area contributed by atoms with Gasteiger partial charge in [0, 0.05) is 4.88 Å². The van der Waals surface area contributed by atoms with Crippen LogP contribution in [0.4, 0.5) is 5.13 Å². The molecular formula is C18H18N4O2S. The van der Waals surface area contributed by atoms with Crippen LogP contribution in [0, 0.1) is 5.92 Å². The quantitative estimate of drug-likeness (QED) is 0.784. The highest BCUT2D eigenvalue weighted by Crippen LogP contribution is 2.32. The van der Waals surface area contributed by atoms with E-state index < -0.39 is 0 Å². The lowest BCUT2D eigenvalue weighted by Crippen LogP contribution is -2.27. The van der Waals surface area contributed by atoms with Crippen LogP contribution in [-0.2, 0) is 24.2 Å². The number of thiazole rings is 1. The number of nitrogens with one attached hydrogen (secondary N) is 1.